The molecule has 1 N–H and O–H groups in total. The maximum Gasteiger partial charge on any atom is 0.243 e. The minimum atomic E-state index is -3.37. The smallest absolute Gasteiger partial charge is 0.243 e. The molecular weight excluding hydrogens is 400 g/mol. The zero-order valence-electron chi connectivity index (χ0n) is 18.2. The van der Waals surface area contributed by atoms with Crippen LogP contribution in [0.5, 0.6) is 0 Å². The van der Waals surface area contributed by atoms with Crippen LogP contribution in [0, 0.1) is 0 Å². The molecule has 0 bridgehead atoms. The van der Waals surface area contributed by atoms with E-state index in [4.69, 9.17) is 0 Å². The molecule has 3 rings (SSSR count). The van der Waals surface area contributed by atoms with E-state index in [1.54, 1.807) is 16.4 Å². The number of likely N-dealkylation sites (N-methyl/N-ethyl adjacent to an activating group) is 1. The molecule has 2 aliphatic heterocycles. The summed E-state index contributed by atoms with van der Waals surface area (Å²) in [6, 6.07) is 6.98. The zero-order chi connectivity index (χ0) is 21.4. The largest absolute Gasteiger partial charge is 0.356 e. The van der Waals surface area contributed by atoms with Crippen LogP contribution in [0.2, 0.25) is 0 Å². The standard InChI is InChI=1S/C22H36N4O3S/c1-24-16-18-25(19-17-24)13-3-2-12-23-22(27)11-8-20-6-9-21(10-7-20)30(28,29)26-14-4-5-15-26/h6-7,9-10H,2-5,8,11-19H2,1H3,(H,23,27). The van der Waals surface area contributed by atoms with Crippen molar-refractivity contribution in [1.82, 2.24) is 19.4 Å². The van der Waals surface area contributed by atoms with Gasteiger partial charge in [0.25, 0.3) is 0 Å². The Bertz CT molecular complexity index is 768. The second kappa shape index (κ2) is 11.2. The fourth-order valence-electron chi connectivity index (χ4n) is 4.01. The second-order valence-electron chi connectivity index (χ2n) is 8.46. The normalized spacial score (nSPS) is 19.2. The van der Waals surface area contributed by atoms with E-state index < -0.39 is 10.0 Å². The highest BCUT2D eigenvalue weighted by atomic mass is 32.2. The fourth-order valence-corrected chi connectivity index (χ4v) is 5.53. The van der Waals surface area contributed by atoms with Gasteiger partial charge in [-0.15, -0.1) is 0 Å². The van der Waals surface area contributed by atoms with Crippen LogP contribution >= 0.6 is 0 Å². The number of amides is 1. The number of carbonyl (C=O) groups excluding carboxylic acids is 1. The van der Waals surface area contributed by atoms with Gasteiger partial charge in [-0.05, 0) is 63.4 Å². The van der Waals surface area contributed by atoms with Crippen molar-refractivity contribution in [3.05, 3.63) is 29.8 Å². The molecule has 7 nitrogen and oxygen atoms in total. The van der Waals surface area contributed by atoms with Gasteiger partial charge in [-0.2, -0.15) is 4.31 Å². The summed E-state index contributed by atoms with van der Waals surface area (Å²) in [6.45, 7) is 7.61. The molecule has 168 valence electrons. The number of piperazine rings is 1. The van der Waals surface area contributed by atoms with Gasteiger partial charge in [-0.1, -0.05) is 12.1 Å². The lowest BCUT2D eigenvalue weighted by Gasteiger charge is -2.32. The molecule has 8 heteroatoms. The minimum absolute atomic E-state index is 0.0587. The first-order chi connectivity index (χ1) is 14.4. The number of nitrogens with zero attached hydrogens (tertiary/aromatic N) is 3. The molecule has 0 aromatic heterocycles. The molecule has 2 saturated heterocycles. The molecule has 2 heterocycles. The third-order valence-corrected chi connectivity index (χ3v) is 8.00. The molecule has 0 unspecified atom stereocenters. The predicted octanol–water partition coefficient (Wildman–Crippen LogP) is 1.55. The average molecular weight is 437 g/mol. The molecular formula is C22H36N4O3S. The summed E-state index contributed by atoms with van der Waals surface area (Å²) < 4.78 is 26.7. The first-order valence-corrected chi connectivity index (χ1v) is 12.7. The Kier molecular flexibility index (Phi) is 8.68. The summed E-state index contributed by atoms with van der Waals surface area (Å²) in [5.74, 6) is 0.0587. The summed E-state index contributed by atoms with van der Waals surface area (Å²) in [4.78, 5) is 17.3. The van der Waals surface area contributed by atoms with Crippen LogP contribution in [0.1, 0.15) is 37.7 Å². The number of rotatable bonds is 10. The van der Waals surface area contributed by atoms with Crippen LogP contribution in [0.25, 0.3) is 0 Å². The van der Waals surface area contributed by atoms with Gasteiger partial charge >= 0.3 is 0 Å². The Morgan fingerprint density at radius 3 is 2.30 bits per heavy atom. The van der Waals surface area contributed by atoms with Crippen molar-refractivity contribution in [2.45, 2.75) is 43.4 Å². The molecule has 0 atom stereocenters. The SMILES string of the molecule is CN1CCN(CCCCNC(=O)CCc2ccc(S(=O)(=O)N3CCCC3)cc2)CC1. The van der Waals surface area contributed by atoms with Crippen LogP contribution in [-0.4, -0.2) is 87.8 Å². The lowest BCUT2D eigenvalue weighted by Crippen LogP contribution is -2.44. The van der Waals surface area contributed by atoms with E-state index in [0.29, 0.717) is 30.8 Å². The van der Waals surface area contributed by atoms with Crippen molar-refractivity contribution in [2.24, 2.45) is 0 Å². The molecule has 30 heavy (non-hydrogen) atoms. The van der Waals surface area contributed by atoms with Crippen molar-refractivity contribution >= 4 is 15.9 Å². The van der Waals surface area contributed by atoms with Gasteiger partial charge in [0.15, 0.2) is 0 Å². The first-order valence-electron chi connectivity index (χ1n) is 11.2. The summed E-state index contributed by atoms with van der Waals surface area (Å²) >= 11 is 0. The van der Waals surface area contributed by atoms with Gasteiger partial charge in [0.05, 0.1) is 4.90 Å². The van der Waals surface area contributed by atoms with Crippen molar-refractivity contribution < 1.29 is 13.2 Å². The number of nitrogens with one attached hydrogen (secondary N) is 1. The summed E-state index contributed by atoms with van der Waals surface area (Å²) in [7, 11) is -1.20. The van der Waals surface area contributed by atoms with E-state index in [0.717, 1.165) is 70.5 Å². The van der Waals surface area contributed by atoms with Crippen LogP contribution in [-0.2, 0) is 21.2 Å². The molecule has 1 amide bonds. The van der Waals surface area contributed by atoms with Gasteiger partial charge in [-0.3, -0.25) is 4.79 Å². The molecule has 0 spiro atoms. The number of benzene rings is 1. The molecule has 2 aliphatic rings. The minimum Gasteiger partial charge on any atom is -0.356 e. The van der Waals surface area contributed by atoms with Crippen LogP contribution < -0.4 is 5.32 Å². The van der Waals surface area contributed by atoms with Crippen molar-refractivity contribution in [1.29, 1.82) is 0 Å². The Morgan fingerprint density at radius 2 is 1.63 bits per heavy atom. The number of sulfonamides is 1. The van der Waals surface area contributed by atoms with Gasteiger partial charge in [0, 0.05) is 52.2 Å². The van der Waals surface area contributed by atoms with E-state index in [-0.39, 0.29) is 5.91 Å². The van der Waals surface area contributed by atoms with Crippen molar-refractivity contribution in [2.75, 3.05) is 59.4 Å². The van der Waals surface area contributed by atoms with Gasteiger partial charge in [0.2, 0.25) is 15.9 Å². The van der Waals surface area contributed by atoms with Crippen molar-refractivity contribution in [3.8, 4) is 0 Å². The lowest BCUT2D eigenvalue weighted by molar-refractivity contribution is -0.121. The summed E-state index contributed by atoms with van der Waals surface area (Å²) in [5.41, 5.74) is 0.987. The number of carbonyl (C=O) groups is 1. The van der Waals surface area contributed by atoms with Crippen LogP contribution in [0.4, 0.5) is 0 Å². The summed E-state index contributed by atoms with van der Waals surface area (Å²) in [5, 5.41) is 3.00. The van der Waals surface area contributed by atoms with E-state index >= 15 is 0 Å². The van der Waals surface area contributed by atoms with Crippen LogP contribution in [0.15, 0.2) is 29.2 Å². The molecule has 2 fully saturated rings. The Balaban J connectivity index is 1.31. The van der Waals surface area contributed by atoms with E-state index in [2.05, 4.69) is 22.2 Å². The average Bonchev–Trinajstić information content (AvgIpc) is 3.29. The Labute approximate surface area is 181 Å². The molecule has 1 aromatic rings. The summed E-state index contributed by atoms with van der Waals surface area (Å²) in [6.07, 6.45) is 5.02. The molecule has 0 aliphatic carbocycles. The van der Waals surface area contributed by atoms with E-state index in [9.17, 15) is 13.2 Å². The zero-order valence-corrected chi connectivity index (χ0v) is 19.0. The van der Waals surface area contributed by atoms with E-state index in [1.165, 1.54) is 0 Å². The maximum atomic E-state index is 12.6. The number of aryl methyl sites for hydroxylation is 1. The predicted molar refractivity (Wildman–Crippen MR) is 119 cm³/mol. The number of hydrogen-bond acceptors (Lipinski definition) is 5. The topological polar surface area (TPSA) is 73.0 Å². The molecule has 1 aromatic carbocycles. The third-order valence-electron chi connectivity index (χ3n) is 6.09. The number of hydrogen-bond donors (Lipinski definition) is 1. The second-order valence-corrected chi connectivity index (χ2v) is 10.4. The Morgan fingerprint density at radius 1 is 0.967 bits per heavy atom. The molecule has 0 radical (unpaired) electrons. The Hall–Kier alpha value is -1.48. The highest BCUT2D eigenvalue weighted by Crippen LogP contribution is 2.21. The highest BCUT2D eigenvalue weighted by molar-refractivity contribution is 7.89. The van der Waals surface area contributed by atoms with Gasteiger partial charge in [0.1, 0.15) is 0 Å². The quantitative estimate of drug-likeness (QED) is 0.564. The maximum absolute atomic E-state index is 12.6. The van der Waals surface area contributed by atoms with Gasteiger partial charge < -0.3 is 15.1 Å². The third kappa shape index (κ3) is 6.77. The monoisotopic (exact) mass is 436 g/mol. The van der Waals surface area contributed by atoms with E-state index in [1.807, 2.05) is 12.1 Å². The fraction of sp³-hybridized carbons (Fsp3) is 0.682. The lowest BCUT2D eigenvalue weighted by atomic mass is 10.1. The van der Waals surface area contributed by atoms with Crippen molar-refractivity contribution in [3.63, 3.8) is 0 Å². The first kappa shape index (κ1) is 23.2. The van der Waals surface area contributed by atoms with Gasteiger partial charge in [-0.25, -0.2) is 8.42 Å². The molecule has 0 saturated carbocycles. The van der Waals surface area contributed by atoms with Crippen LogP contribution in [0.3, 0.4) is 0 Å². The number of unbranched alkanes of at least 4 members (excludes halogenated alkanes) is 1. The highest BCUT2D eigenvalue weighted by Gasteiger charge is 2.26.